The third-order valence-electron chi connectivity index (χ3n) is 3.68. The zero-order valence-corrected chi connectivity index (χ0v) is 12.5. The maximum atomic E-state index is 12.3. The topological polar surface area (TPSA) is 63.6 Å². The Morgan fingerprint density at radius 1 is 1.27 bits per heavy atom. The van der Waals surface area contributed by atoms with Gasteiger partial charge in [0.25, 0.3) is 5.91 Å². The van der Waals surface area contributed by atoms with Crippen molar-refractivity contribution in [2.75, 3.05) is 5.32 Å². The molecule has 22 heavy (non-hydrogen) atoms. The Bertz CT molecular complexity index is 726. The Kier molecular flexibility index (Phi) is 3.87. The van der Waals surface area contributed by atoms with E-state index in [2.05, 4.69) is 15.5 Å². The first-order valence-corrected chi connectivity index (χ1v) is 7.15. The van der Waals surface area contributed by atoms with E-state index < -0.39 is 6.10 Å². The number of aryl methyl sites for hydroxylation is 2. The Morgan fingerprint density at radius 3 is 2.77 bits per heavy atom. The highest BCUT2D eigenvalue weighted by molar-refractivity contribution is 6.06. The van der Waals surface area contributed by atoms with Crippen LogP contribution in [0.15, 0.2) is 47.8 Å². The van der Waals surface area contributed by atoms with Crippen LogP contribution in [0.25, 0.3) is 0 Å². The van der Waals surface area contributed by atoms with E-state index in [0.29, 0.717) is 12.1 Å². The number of aromatic nitrogens is 1. The van der Waals surface area contributed by atoms with E-state index in [-0.39, 0.29) is 5.91 Å². The summed E-state index contributed by atoms with van der Waals surface area (Å²) in [4.78, 5) is 21.8. The summed E-state index contributed by atoms with van der Waals surface area (Å²) in [6.45, 7) is 3.89. The second kappa shape index (κ2) is 5.97. The van der Waals surface area contributed by atoms with Crippen LogP contribution in [0.4, 0.5) is 5.69 Å². The number of rotatable bonds is 3. The molecular formula is C17H17N3O2. The monoisotopic (exact) mass is 295 g/mol. The lowest BCUT2D eigenvalue weighted by Gasteiger charge is -2.10. The van der Waals surface area contributed by atoms with Crippen LogP contribution in [0.3, 0.4) is 0 Å². The molecule has 3 rings (SSSR count). The number of benzene rings is 1. The summed E-state index contributed by atoms with van der Waals surface area (Å²) in [5.41, 5.74) is 4.42. The molecule has 1 aliphatic heterocycles. The first-order valence-electron chi connectivity index (χ1n) is 7.15. The van der Waals surface area contributed by atoms with Gasteiger partial charge in [0.15, 0.2) is 0 Å². The molecule has 0 radical (unpaired) electrons. The summed E-state index contributed by atoms with van der Waals surface area (Å²) in [5, 5.41) is 6.85. The van der Waals surface area contributed by atoms with Gasteiger partial charge in [0.1, 0.15) is 0 Å². The molecule has 0 aliphatic carbocycles. The third kappa shape index (κ3) is 2.98. The summed E-state index contributed by atoms with van der Waals surface area (Å²) in [6.07, 6.45) is 1.51. The molecule has 1 aliphatic rings. The molecule has 0 saturated carbocycles. The lowest BCUT2D eigenvalue weighted by molar-refractivity contribution is -0.125. The van der Waals surface area contributed by atoms with Crippen LogP contribution in [0.5, 0.6) is 0 Å². The quantitative estimate of drug-likeness (QED) is 0.947. The van der Waals surface area contributed by atoms with Crippen molar-refractivity contribution < 1.29 is 9.63 Å². The Morgan fingerprint density at radius 2 is 2.05 bits per heavy atom. The third-order valence-corrected chi connectivity index (χ3v) is 3.68. The van der Waals surface area contributed by atoms with Crippen LogP contribution >= 0.6 is 0 Å². The molecule has 112 valence electrons. The smallest absolute Gasteiger partial charge is 0.268 e. The van der Waals surface area contributed by atoms with Crippen molar-refractivity contribution in [2.45, 2.75) is 26.4 Å². The number of anilines is 1. The largest absolute Gasteiger partial charge is 0.382 e. The zero-order chi connectivity index (χ0) is 15.5. The highest BCUT2D eigenvalue weighted by atomic mass is 16.6. The summed E-state index contributed by atoms with van der Waals surface area (Å²) >= 11 is 0. The second-order valence-electron chi connectivity index (χ2n) is 5.32. The lowest BCUT2D eigenvalue weighted by atomic mass is 10.0. The van der Waals surface area contributed by atoms with Gasteiger partial charge in [-0.3, -0.25) is 9.78 Å². The average molecular weight is 295 g/mol. The van der Waals surface area contributed by atoms with Crippen LogP contribution < -0.4 is 5.32 Å². The summed E-state index contributed by atoms with van der Waals surface area (Å²) in [6, 6.07) is 11.6. The molecule has 1 amide bonds. The van der Waals surface area contributed by atoms with Crippen molar-refractivity contribution in [1.29, 1.82) is 0 Å². The highest BCUT2D eigenvalue weighted by Crippen LogP contribution is 2.19. The second-order valence-corrected chi connectivity index (χ2v) is 5.32. The number of amides is 1. The molecule has 2 heterocycles. The van der Waals surface area contributed by atoms with Gasteiger partial charge in [0.05, 0.1) is 17.6 Å². The van der Waals surface area contributed by atoms with Crippen molar-refractivity contribution >= 4 is 17.3 Å². The van der Waals surface area contributed by atoms with Crippen molar-refractivity contribution in [3.05, 3.63) is 59.4 Å². The minimum Gasteiger partial charge on any atom is -0.382 e. The number of nitrogens with zero attached hydrogens (tertiary/aromatic N) is 2. The SMILES string of the molecule is Cc1cc(NC(=O)C2CC(c3ccccc3)=NO2)cnc1C. The van der Waals surface area contributed by atoms with Gasteiger partial charge in [-0.15, -0.1) is 0 Å². The molecule has 1 N–H and O–H groups in total. The van der Waals surface area contributed by atoms with Gasteiger partial charge in [-0.2, -0.15) is 0 Å². The summed E-state index contributed by atoms with van der Waals surface area (Å²) < 4.78 is 0. The molecule has 0 bridgehead atoms. The van der Waals surface area contributed by atoms with Gasteiger partial charge in [-0.25, -0.2) is 0 Å². The van der Waals surface area contributed by atoms with Gasteiger partial charge < -0.3 is 10.2 Å². The van der Waals surface area contributed by atoms with Gasteiger partial charge in [0.2, 0.25) is 6.10 Å². The number of pyridine rings is 1. The van der Waals surface area contributed by atoms with E-state index in [0.717, 1.165) is 22.5 Å². The fourth-order valence-electron chi connectivity index (χ4n) is 2.25. The maximum Gasteiger partial charge on any atom is 0.268 e. The van der Waals surface area contributed by atoms with Crippen LogP contribution in [0, 0.1) is 13.8 Å². The van der Waals surface area contributed by atoms with Crippen molar-refractivity contribution in [2.24, 2.45) is 5.16 Å². The van der Waals surface area contributed by atoms with E-state index in [4.69, 9.17) is 4.84 Å². The van der Waals surface area contributed by atoms with Gasteiger partial charge in [-0.1, -0.05) is 35.5 Å². The molecule has 1 unspecified atom stereocenters. The fourth-order valence-corrected chi connectivity index (χ4v) is 2.25. The van der Waals surface area contributed by atoms with E-state index in [9.17, 15) is 4.79 Å². The number of hydrogen-bond acceptors (Lipinski definition) is 4. The maximum absolute atomic E-state index is 12.3. The molecule has 0 fully saturated rings. The number of carbonyl (C=O) groups excluding carboxylic acids is 1. The normalized spacial score (nSPS) is 16.8. The molecular weight excluding hydrogens is 278 g/mol. The number of hydrogen-bond donors (Lipinski definition) is 1. The summed E-state index contributed by atoms with van der Waals surface area (Å²) in [7, 11) is 0. The number of oxime groups is 1. The zero-order valence-electron chi connectivity index (χ0n) is 12.5. The number of carbonyl (C=O) groups is 1. The fraction of sp³-hybridized carbons (Fsp3) is 0.235. The molecule has 0 saturated heterocycles. The van der Waals surface area contributed by atoms with Crippen molar-refractivity contribution in [1.82, 2.24) is 4.98 Å². The Hall–Kier alpha value is -2.69. The Balaban J connectivity index is 1.64. The first-order chi connectivity index (χ1) is 10.6. The number of nitrogens with one attached hydrogen (secondary N) is 1. The molecule has 1 aromatic heterocycles. The highest BCUT2D eigenvalue weighted by Gasteiger charge is 2.28. The predicted octanol–water partition coefficient (Wildman–Crippen LogP) is 2.83. The van der Waals surface area contributed by atoms with Crippen molar-refractivity contribution in [3.63, 3.8) is 0 Å². The standard InChI is InChI=1S/C17H17N3O2/c1-11-8-14(10-18-12(11)2)19-17(21)16-9-15(20-22-16)13-6-4-3-5-7-13/h3-8,10,16H,9H2,1-2H3,(H,19,21). The molecule has 5 heteroatoms. The van der Waals surface area contributed by atoms with Crippen LogP contribution in [0.1, 0.15) is 23.2 Å². The minimum atomic E-state index is -0.600. The van der Waals surface area contributed by atoms with E-state index in [1.165, 1.54) is 0 Å². The van der Waals surface area contributed by atoms with Gasteiger partial charge in [-0.05, 0) is 31.0 Å². The molecule has 1 aromatic carbocycles. The van der Waals surface area contributed by atoms with E-state index in [1.807, 2.05) is 50.2 Å². The van der Waals surface area contributed by atoms with Gasteiger partial charge >= 0.3 is 0 Å². The molecule has 2 aromatic rings. The van der Waals surface area contributed by atoms with Crippen molar-refractivity contribution in [3.8, 4) is 0 Å². The molecule has 0 spiro atoms. The molecule has 5 nitrogen and oxygen atoms in total. The van der Waals surface area contributed by atoms with Crippen LogP contribution in [-0.4, -0.2) is 22.7 Å². The minimum absolute atomic E-state index is 0.209. The Labute approximate surface area is 129 Å². The first kappa shape index (κ1) is 14.3. The predicted molar refractivity (Wildman–Crippen MR) is 84.8 cm³/mol. The lowest BCUT2D eigenvalue weighted by Crippen LogP contribution is -2.28. The van der Waals surface area contributed by atoms with E-state index >= 15 is 0 Å². The summed E-state index contributed by atoms with van der Waals surface area (Å²) in [5.74, 6) is -0.209. The van der Waals surface area contributed by atoms with Crippen LogP contribution in [-0.2, 0) is 9.63 Å². The van der Waals surface area contributed by atoms with Gasteiger partial charge in [0, 0.05) is 12.1 Å². The van der Waals surface area contributed by atoms with Crippen LogP contribution in [0.2, 0.25) is 0 Å². The average Bonchev–Trinajstić information content (AvgIpc) is 3.02. The molecule has 1 atom stereocenters. The van der Waals surface area contributed by atoms with E-state index in [1.54, 1.807) is 6.20 Å².